The Morgan fingerprint density at radius 3 is 2.81 bits per heavy atom. The van der Waals surface area contributed by atoms with E-state index in [2.05, 4.69) is 5.32 Å². The molecule has 1 aromatic carbocycles. The van der Waals surface area contributed by atoms with Crippen molar-refractivity contribution in [2.24, 2.45) is 5.73 Å². The Labute approximate surface area is 92.2 Å². The topological polar surface area (TPSA) is 77.5 Å². The van der Waals surface area contributed by atoms with Crippen LogP contribution in [0.3, 0.4) is 0 Å². The number of fused-ring (bicyclic) bond motifs is 1. The van der Waals surface area contributed by atoms with Crippen molar-refractivity contribution in [3.63, 3.8) is 0 Å². The molecule has 2 aromatic rings. The number of anilines is 1. The summed E-state index contributed by atoms with van der Waals surface area (Å²) in [7, 11) is 3.28. The molecule has 1 amide bonds. The van der Waals surface area contributed by atoms with Gasteiger partial charge in [0.2, 0.25) is 5.76 Å². The lowest BCUT2D eigenvalue weighted by atomic mass is 10.2. The van der Waals surface area contributed by atoms with Crippen molar-refractivity contribution in [3.05, 3.63) is 24.0 Å². The number of hydrogen-bond acceptors (Lipinski definition) is 4. The third-order valence-corrected chi connectivity index (χ3v) is 2.37. The maximum absolute atomic E-state index is 11.2. The smallest absolute Gasteiger partial charge is 0.286 e. The van der Waals surface area contributed by atoms with Gasteiger partial charge in [-0.05, 0) is 18.2 Å². The molecule has 0 radical (unpaired) electrons. The van der Waals surface area contributed by atoms with Crippen molar-refractivity contribution in [1.29, 1.82) is 0 Å². The fourth-order valence-electron chi connectivity index (χ4n) is 1.63. The second kappa shape index (κ2) is 3.77. The highest BCUT2D eigenvalue weighted by Crippen LogP contribution is 2.32. The van der Waals surface area contributed by atoms with E-state index in [9.17, 15) is 4.79 Å². The highest BCUT2D eigenvalue weighted by Gasteiger charge is 2.17. The van der Waals surface area contributed by atoms with Crippen LogP contribution in [0.2, 0.25) is 0 Å². The van der Waals surface area contributed by atoms with Gasteiger partial charge < -0.3 is 20.2 Å². The molecule has 2 rings (SSSR count). The Hall–Kier alpha value is -2.17. The molecule has 0 fully saturated rings. The highest BCUT2D eigenvalue weighted by atomic mass is 16.5. The van der Waals surface area contributed by atoms with Gasteiger partial charge in [0, 0.05) is 12.4 Å². The zero-order valence-corrected chi connectivity index (χ0v) is 9.03. The molecule has 0 spiro atoms. The van der Waals surface area contributed by atoms with Gasteiger partial charge in [-0.1, -0.05) is 0 Å². The average molecular weight is 220 g/mol. The van der Waals surface area contributed by atoms with Gasteiger partial charge in [-0.2, -0.15) is 0 Å². The minimum absolute atomic E-state index is 0.130. The number of furan rings is 1. The lowest BCUT2D eigenvalue weighted by molar-refractivity contribution is 0.0977. The number of rotatable bonds is 3. The molecule has 0 saturated carbocycles. The summed E-state index contributed by atoms with van der Waals surface area (Å²) in [6, 6.07) is 5.29. The number of primary amides is 1. The van der Waals surface area contributed by atoms with Crippen molar-refractivity contribution >= 4 is 22.6 Å². The third kappa shape index (κ3) is 1.46. The van der Waals surface area contributed by atoms with Crippen LogP contribution in [0.4, 0.5) is 5.69 Å². The van der Waals surface area contributed by atoms with Crippen molar-refractivity contribution < 1.29 is 13.9 Å². The van der Waals surface area contributed by atoms with Gasteiger partial charge in [0.1, 0.15) is 11.3 Å². The molecule has 1 aromatic heterocycles. The number of amides is 1. The van der Waals surface area contributed by atoms with Crippen molar-refractivity contribution in [2.45, 2.75) is 0 Å². The van der Waals surface area contributed by atoms with Crippen LogP contribution in [0.1, 0.15) is 10.6 Å². The van der Waals surface area contributed by atoms with E-state index in [1.54, 1.807) is 32.4 Å². The summed E-state index contributed by atoms with van der Waals surface area (Å²) in [6.45, 7) is 0. The Morgan fingerprint density at radius 1 is 1.50 bits per heavy atom. The third-order valence-electron chi connectivity index (χ3n) is 2.37. The molecule has 0 aliphatic rings. The highest BCUT2D eigenvalue weighted by molar-refractivity contribution is 6.05. The molecule has 0 aliphatic carbocycles. The van der Waals surface area contributed by atoms with Crippen LogP contribution in [-0.4, -0.2) is 20.1 Å². The minimum atomic E-state index is -0.598. The van der Waals surface area contributed by atoms with E-state index in [1.165, 1.54) is 0 Å². The Balaban J connectivity index is 2.73. The lowest BCUT2D eigenvalue weighted by Gasteiger charge is -2.00. The maximum Gasteiger partial charge on any atom is 0.286 e. The zero-order chi connectivity index (χ0) is 11.7. The van der Waals surface area contributed by atoms with Crippen LogP contribution in [-0.2, 0) is 0 Å². The normalized spacial score (nSPS) is 10.4. The van der Waals surface area contributed by atoms with Crippen molar-refractivity contribution in [1.82, 2.24) is 0 Å². The molecule has 0 bridgehead atoms. The first-order chi connectivity index (χ1) is 7.67. The summed E-state index contributed by atoms with van der Waals surface area (Å²) in [5.41, 5.74) is 6.40. The summed E-state index contributed by atoms with van der Waals surface area (Å²) in [5.74, 6) is 0.228. The molecule has 16 heavy (non-hydrogen) atoms. The molecule has 1 heterocycles. The van der Waals surface area contributed by atoms with E-state index >= 15 is 0 Å². The van der Waals surface area contributed by atoms with Crippen LogP contribution >= 0.6 is 0 Å². The fourth-order valence-corrected chi connectivity index (χ4v) is 1.63. The molecule has 5 nitrogen and oxygen atoms in total. The summed E-state index contributed by atoms with van der Waals surface area (Å²) < 4.78 is 10.5. The molecule has 0 atom stereocenters. The van der Waals surface area contributed by atoms with Crippen LogP contribution in [0, 0.1) is 0 Å². The number of benzene rings is 1. The van der Waals surface area contributed by atoms with Crippen LogP contribution < -0.4 is 15.8 Å². The quantitative estimate of drug-likeness (QED) is 0.823. The number of carbonyl (C=O) groups excluding carboxylic acids is 1. The first kappa shape index (κ1) is 10.4. The van der Waals surface area contributed by atoms with E-state index in [0.29, 0.717) is 17.0 Å². The SMILES string of the molecule is CNc1c(C(N)=O)oc2ccc(OC)cc12. The maximum atomic E-state index is 11.2. The predicted molar refractivity (Wildman–Crippen MR) is 60.8 cm³/mol. The van der Waals surface area contributed by atoms with E-state index < -0.39 is 5.91 Å². The number of carbonyl (C=O) groups is 1. The molecular formula is C11H12N2O3. The Kier molecular flexibility index (Phi) is 2.44. The molecule has 0 saturated heterocycles. The number of methoxy groups -OCH3 is 1. The summed E-state index contributed by atoms with van der Waals surface area (Å²) in [4.78, 5) is 11.2. The minimum Gasteiger partial charge on any atom is -0.497 e. The molecule has 84 valence electrons. The second-order valence-electron chi connectivity index (χ2n) is 3.28. The monoisotopic (exact) mass is 220 g/mol. The first-order valence-corrected chi connectivity index (χ1v) is 4.75. The van der Waals surface area contributed by atoms with Gasteiger partial charge in [0.15, 0.2) is 0 Å². The Morgan fingerprint density at radius 2 is 2.25 bits per heavy atom. The van der Waals surface area contributed by atoms with E-state index in [0.717, 1.165) is 5.39 Å². The molecule has 3 N–H and O–H groups in total. The van der Waals surface area contributed by atoms with E-state index in [1.807, 2.05) is 0 Å². The average Bonchev–Trinajstić information content (AvgIpc) is 2.66. The van der Waals surface area contributed by atoms with Crippen LogP contribution in [0.5, 0.6) is 5.75 Å². The molecular weight excluding hydrogens is 208 g/mol. The van der Waals surface area contributed by atoms with Gasteiger partial charge in [-0.25, -0.2) is 0 Å². The van der Waals surface area contributed by atoms with Crippen molar-refractivity contribution in [3.8, 4) is 5.75 Å². The van der Waals surface area contributed by atoms with E-state index in [-0.39, 0.29) is 5.76 Å². The van der Waals surface area contributed by atoms with Gasteiger partial charge in [-0.15, -0.1) is 0 Å². The molecule has 0 unspecified atom stereocenters. The predicted octanol–water partition coefficient (Wildman–Crippen LogP) is 1.58. The lowest BCUT2D eigenvalue weighted by Crippen LogP contribution is -2.11. The number of ether oxygens (including phenoxy) is 1. The first-order valence-electron chi connectivity index (χ1n) is 4.75. The summed E-state index contributed by atoms with van der Waals surface area (Å²) in [5, 5.41) is 3.67. The Bertz CT molecular complexity index is 545. The van der Waals surface area contributed by atoms with E-state index in [4.69, 9.17) is 14.9 Å². The molecule has 0 aliphatic heterocycles. The van der Waals surface area contributed by atoms with Crippen LogP contribution in [0.15, 0.2) is 22.6 Å². The standard InChI is InChI=1S/C11H12N2O3/c1-13-9-7-5-6(15-2)3-4-8(7)16-10(9)11(12)14/h3-5,13H,1-2H3,(H2,12,14). The van der Waals surface area contributed by atoms with Gasteiger partial charge in [0.25, 0.3) is 5.91 Å². The van der Waals surface area contributed by atoms with Crippen LogP contribution in [0.25, 0.3) is 11.0 Å². The largest absolute Gasteiger partial charge is 0.497 e. The number of nitrogens with two attached hydrogens (primary N) is 1. The summed E-state index contributed by atoms with van der Waals surface area (Å²) in [6.07, 6.45) is 0. The van der Waals surface area contributed by atoms with Gasteiger partial charge in [0.05, 0.1) is 12.8 Å². The summed E-state index contributed by atoms with van der Waals surface area (Å²) >= 11 is 0. The number of nitrogens with one attached hydrogen (secondary N) is 1. The number of hydrogen-bond donors (Lipinski definition) is 2. The van der Waals surface area contributed by atoms with Crippen molar-refractivity contribution in [2.75, 3.05) is 19.5 Å². The zero-order valence-electron chi connectivity index (χ0n) is 9.03. The van der Waals surface area contributed by atoms with Gasteiger partial charge in [-0.3, -0.25) is 4.79 Å². The second-order valence-corrected chi connectivity index (χ2v) is 3.28. The van der Waals surface area contributed by atoms with Gasteiger partial charge >= 0.3 is 0 Å². The molecule has 5 heteroatoms. The fraction of sp³-hybridized carbons (Fsp3) is 0.182.